The Morgan fingerprint density at radius 3 is 2.42 bits per heavy atom. The highest BCUT2D eigenvalue weighted by atomic mass is 16.6. The van der Waals surface area contributed by atoms with E-state index in [4.69, 9.17) is 5.26 Å². The normalized spacial score (nSPS) is 12.9. The van der Waals surface area contributed by atoms with Gasteiger partial charge in [-0.05, 0) is 27.7 Å². The monoisotopic (exact) mass is 170 g/mol. The summed E-state index contributed by atoms with van der Waals surface area (Å²) in [5, 5.41) is 10.9. The number of nitriles is 1. The maximum absolute atomic E-state index is 10.9. The fourth-order valence-electron chi connectivity index (χ4n) is 0.523. The van der Waals surface area contributed by atoms with Crippen LogP contribution in [0.1, 0.15) is 27.7 Å². The van der Waals surface area contributed by atoms with Gasteiger partial charge in [0.25, 0.3) is 0 Å². The van der Waals surface area contributed by atoms with Gasteiger partial charge in [-0.25, -0.2) is 4.79 Å². The number of alkyl carbamates (subject to hydrolysis) is 1. The number of hydrogen-bond acceptors (Lipinski definition) is 3. The van der Waals surface area contributed by atoms with Crippen molar-refractivity contribution in [2.45, 2.75) is 39.3 Å². The number of ether oxygens (including phenoxy) is 1. The third-order valence-corrected chi connectivity index (χ3v) is 0.943. The molecule has 0 aliphatic carbocycles. The van der Waals surface area contributed by atoms with Crippen molar-refractivity contribution in [3.8, 4) is 6.07 Å². The second-order valence-electron chi connectivity index (χ2n) is 3.55. The zero-order valence-corrected chi connectivity index (χ0v) is 7.84. The van der Waals surface area contributed by atoms with Gasteiger partial charge in [-0.1, -0.05) is 0 Å². The highest BCUT2D eigenvalue weighted by molar-refractivity contribution is 5.68. The molecule has 0 saturated carbocycles. The van der Waals surface area contributed by atoms with Crippen LogP contribution in [0.5, 0.6) is 0 Å². The van der Waals surface area contributed by atoms with Crippen LogP contribution in [-0.4, -0.2) is 17.7 Å². The van der Waals surface area contributed by atoms with E-state index in [1.54, 1.807) is 6.07 Å². The molecule has 12 heavy (non-hydrogen) atoms. The van der Waals surface area contributed by atoms with Crippen LogP contribution in [0.15, 0.2) is 0 Å². The Balaban J connectivity index is 3.85. The molecule has 0 fully saturated rings. The molecule has 1 amide bonds. The van der Waals surface area contributed by atoms with Crippen LogP contribution in [0.25, 0.3) is 0 Å². The highest BCUT2D eigenvalue weighted by Gasteiger charge is 2.16. The lowest BCUT2D eigenvalue weighted by molar-refractivity contribution is 0.122. The molecular formula is C8H14N2O2. The van der Waals surface area contributed by atoms with Gasteiger partial charge in [0.1, 0.15) is 6.07 Å². The predicted molar refractivity (Wildman–Crippen MR) is 44.4 cm³/mol. The van der Waals surface area contributed by atoms with Gasteiger partial charge in [0, 0.05) is 5.54 Å². The molecule has 0 spiro atoms. The third-order valence-electron chi connectivity index (χ3n) is 0.943. The smallest absolute Gasteiger partial charge is 0.408 e. The average Bonchev–Trinajstić information content (AvgIpc) is 1.82. The van der Waals surface area contributed by atoms with Gasteiger partial charge in [0.2, 0.25) is 0 Å². The predicted octanol–water partition coefficient (Wildman–Crippen LogP) is 1.42. The van der Waals surface area contributed by atoms with E-state index in [1.165, 1.54) is 6.92 Å². The van der Waals surface area contributed by atoms with E-state index in [9.17, 15) is 4.79 Å². The van der Waals surface area contributed by atoms with E-state index in [0.29, 0.717) is 0 Å². The van der Waals surface area contributed by atoms with Crippen molar-refractivity contribution < 1.29 is 9.53 Å². The fourth-order valence-corrected chi connectivity index (χ4v) is 0.523. The molecule has 68 valence electrons. The molecule has 1 atom stereocenters. The maximum Gasteiger partial charge on any atom is 0.408 e. The van der Waals surface area contributed by atoms with Gasteiger partial charge in [-0.15, -0.1) is 0 Å². The lowest BCUT2D eigenvalue weighted by atomic mass is 10.1. The largest absolute Gasteiger partial charge is 0.431 e. The number of carbonyl (C=O) groups is 1. The summed E-state index contributed by atoms with van der Waals surface area (Å²) < 4.78 is 4.66. The van der Waals surface area contributed by atoms with Crippen molar-refractivity contribution in [3.63, 3.8) is 0 Å². The van der Waals surface area contributed by atoms with Gasteiger partial charge in [-0.2, -0.15) is 5.26 Å². The zero-order valence-electron chi connectivity index (χ0n) is 7.84. The Morgan fingerprint density at radius 2 is 2.08 bits per heavy atom. The number of nitrogens with zero attached hydrogens (tertiary/aromatic N) is 1. The second kappa shape index (κ2) is 3.96. The fraction of sp³-hybridized carbons (Fsp3) is 0.750. The van der Waals surface area contributed by atoms with E-state index >= 15 is 0 Å². The minimum absolute atomic E-state index is 0.327. The van der Waals surface area contributed by atoms with Crippen molar-refractivity contribution in [1.82, 2.24) is 5.32 Å². The molecule has 0 aliphatic rings. The number of rotatable bonds is 1. The van der Waals surface area contributed by atoms with Crippen LogP contribution in [0.4, 0.5) is 4.79 Å². The van der Waals surface area contributed by atoms with Crippen molar-refractivity contribution in [2.75, 3.05) is 0 Å². The molecule has 4 heteroatoms. The first-order chi connectivity index (χ1) is 5.35. The summed E-state index contributed by atoms with van der Waals surface area (Å²) in [5.74, 6) is 0. The summed E-state index contributed by atoms with van der Waals surface area (Å²) in [5.41, 5.74) is -0.327. The second-order valence-corrected chi connectivity index (χ2v) is 3.55. The van der Waals surface area contributed by atoms with Crippen molar-refractivity contribution >= 4 is 6.09 Å². The molecule has 0 heterocycles. The Hall–Kier alpha value is -1.24. The maximum atomic E-state index is 10.9. The van der Waals surface area contributed by atoms with E-state index in [2.05, 4.69) is 10.1 Å². The summed E-state index contributed by atoms with van der Waals surface area (Å²) >= 11 is 0. The van der Waals surface area contributed by atoms with Crippen molar-refractivity contribution in [2.24, 2.45) is 0 Å². The molecule has 0 aromatic heterocycles. The van der Waals surface area contributed by atoms with Crippen LogP contribution in [0.2, 0.25) is 0 Å². The Morgan fingerprint density at radius 1 is 1.58 bits per heavy atom. The summed E-state index contributed by atoms with van der Waals surface area (Å²) in [6.07, 6.45) is -1.26. The van der Waals surface area contributed by atoms with Gasteiger partial charge in [0.15, 0.2) is 6.10 Å². The van der Waals surface area contributed by atoms with Crippen LogP contribution >= 0.6 is 0 Å². The molecule has 0 radical (unpaired) electrons. The number of carbonyl (C=O) groups excluding carboxylic acids is 1. The molecule has 0 bridgehead atoms. The Bertz CT molecular complexity index is 200. The standard InChI is InChI=1S/C8H14N2O2/c1-6(5-9)12-7(11)10-8(2,3)4/h6H,1-4H3,(H,10,11)/t6-/m0/s1. The average molecular weight is 170 g/mol. The van der Waals surface area contributed by atoms with Gasteiger partial charge in [0.05, 0.1) is 0 Å². The Kier molecular flexibility index (Phi) is 3.55. The van der Waals surface area contributed by atoms with E-state index in [-0.39, 0.29) is 5.54 Å². The third kappa shape index (κ3) is 5.54. The molecule has 0 aromatic rings. The van der Waals surface area contributed by atoms with Crippen LogP contribution in [0.3, 0.4) is 0 Å². The van der Waals surface area contributed by atoms with E-state index < -0.39 is 12.2 Å². The minimum Gasteiger partial charge on any atom is -0.431 e. The number of nitrogens with one attached hydrogen (secondary N) is 1. The lowest BCUT2D eigenvalue weighted by Gasteiger charge is -2.20. The molecule has 0 aliphatic heterocycles. The minimum atomic E-state index is -0.702. The molecular weight excluding hydrogens is 156 g/mol. The van der Waals surface area contributed by atoms with Crippen LogP contribution < -0.4 is 5.32 Å². The highest BCUT2D eigenvalue weighted by Crippen LogP contribution is 2.00. The van der Waals surface area contributed by atoms with Gasteiger partial charge >= 0.3 is 6.09 Å². The molecule has 4 nitrogen and oxygen atoms in total. The molecule has 0 aromatic carbocycles. The zero-order chi connectivity index (χ0) is 9.78. The summed E-state index contributed by atoms with van der Waals surface area (Å²) in [7, 11) is 0. The first-order valence-corrected chi connectivity index (χ1v) is 3.73. The molecule has 0 unspecified atom stereocenters. The summed E-state index contributed by atoms with van der Waals surface area (Å²) in [6, 6.07) is 1.80. The van der Waals surface area contributed by atoms with E-state index in [1.807, 2.05) is 20.8 Å². The summed E-state index contributed by atoms with van der Waals surface area (Å²) in [6.45, 7) is 7.03. The van der Waals surface area contributed by atoms with Crippen LogP contribution in [-0.2, 0) is 4.74 Å². The van der Waals surface area contributed by atoms with Gasteiger partial charge in [-0.3, -0.25) is 0 Å². The SMILES string of the molecule is C[C@@H](C#N)OC(=O)NC(C)(C)C. The van der Waals surface area contributed by atoms with Crippen LogP contribution in [0, 0.1) is 11.3 Å². The van der Waals surface area contributed by atoms with Gasteiger partial charge < -0.3 is 10.1 Å². The molecule has 0 saturated heterocycles. The Labute approximate surface area is 72.5 Å². The van der Waals surface area contributed by atoms with Crippen molar-refractivity contribution in [1.29, 1.82) is 5.26 Å². The first-order valence-electron chi connectivity index (χ1n) is 3.73. The van der Waals surface area contributed by atoms with E-state index in [0.717, 1.165) is 0 Å². The molecule has 1 N–H and O–H groups in total. The van der Waals surface area contributed by atoms with Crippen molar-refractivity contribution in [3.05, 3.63) is 0 Å². The topological polar surface area (TPSA) is 62.1 Å². The molecule has 0 rings (SSSR count). The first kappa shape index (κ1) is 10.8. The number of amides is 1. The number of hydrogen-bond donors (Lipinski definition) is 1. The summed E-state index contributed by atoms with van der Waals surface area (Å²) in [4.78, 5) is 10.9. The quantitative estimate of drug-likeness (QED) is 0.647. The lowest BCUT2D eigenvalue weighted by Crippen LogP contribution is -2.41.